The minimum atomic E-state index is -1.09. The minimum Gasteiger partial charge on any atom is -0.481 e. The molecule has 0 spiro atoms. The number of benzene rings is 1. The van der Waals surface area contributed by atoms with Crippen LogP contribution < -0.4 is 0 Å². The lowest BCUT2D eigenvalue weighted by Crippen LogP contribution is -2.33. The molecule has 1 N–H and O–H groups in total. The van der Waals surface area contributed by atoms with E-state index in [1.54, 1.807) is 36.9 Å². The summed E-state index contributed by atoms with van der Waals surface area (Å²) in [5.74, 6) is -2.12. The molecule has 2 aromatic heterocycles. The van der Waals surface area contributed by atoms with Gasteiger partial charge in [-0.05, 0) is 19.4 Å². The Morgan fingerprint density at radius 1 is 1.15 bits per heavy atom. The van der Waals surface area contributed by atoms with Crippen molar-refractivity contribution in [1.29, 1.82) is 0 Å². The van der Waals surface area contributed by atoms with Crippen molar-refractivity contribution in [1.82, 2.24) is 19.5 Å². The van der Waals surface area contributed by atoms with Gasteiger partial charge in [0.25, 0.3) is 5.69 Å². The highest BCUT2D eigenvalue weighted by Gasteiger charge is 2.56. The molecule has 39 heavy (non-hydrogen) atoms. The maximum atomic E-state index is 12.0. The van der Waals surface area contributed by atoms with Crippen molar-refractivity contribution < 1.29 is 38.6 Å². The summed E-state index contributed by atoms with van der Waals surface area (Å²) in [6.07, 6.45) is -0.0186. The van der Waals surface area contributed by atoms with E-state index in [1.807, 2.05) is 0 Å². The predicted molar refractivity (Wildman–Crippen MR) is 134 cm³/mol. The van der Waals surface area contributed by atoms with E-state index in [9.17, 15) is 19.7 Å². The number of nitro groups is 1. The Balaban J connectivity index is 1.32. The molecule has 2 fully saturated rings. The van der Waals surface area contributed by atoms with Crippen LogP contribution in [0.25, 0.3) is 11.2 Å². The van der Waals surface area contributed by atoms with Crippen LogP contribution in [-0.2, 0) is 34.3 Å². The van der Waals surface area contributed by atoms with Gasteiger partial charge in [-0.2, -0.15) is 0 Å². The Kier molecular flexibility index (Phi) is 7.48. The van der Waals surface area contributed by atoms with E-state index in [1.165, 1.54) is 30.2 Å². The van der Waals surface area contributed by atoms with Crippen LogP contribution in [-0.4, -0.2) is 72.2 Å². The zero-order valence-electron chi connectivity index (χ0n) is 21.0. The number of carbonyl (C=O) groups excluding carboxylic acids is 1. The Bertz CT molecular complexity index is 1400. The van der Waals surface area contributed by atoms with E-state index in [4.69, 9.17) is 24.1 Å². The zero-order chi connectivity index (χ0) is 27.7. The van der Waals surface area contributed by atoms with E-state index in [0.717, 1.165) is 5.56 Å². The molecule has 4 atom stereocenters. The van der Waals surface area contributed by atoms with Gasteiger partial charge < -0.3 is 24.1 Å². The molecule has 206 valence electrons. The minimum absolute atomic E-state index is 0.0245. The molecule has 2 aliphatic rings. The number of carbonyl (C=O) groups is 2. The molecule has 14 nitrogen and oxygen atoms in total. The number of rotatable bonds is 10. The van der Waals surface area contributed by atoms with Crippen LogP contribution >= 0.6 is 11.8 Å². The van der Waals surface area contributed by atoms with Gasteiger partial charge in [0.05, 0.1) is 24.1 Å². The molecule has 3 aromatic rings. The second kappa shape index (κ2) is 10.8. The summed E-state index contributed by atoms with van der Waals surface area (Å²) in [5, 5.41) is 20.3. The Morgan fingerprint density at radius 3 is 2.62 bits per heavy atom. The first-order valence-electron chi connectivity index (χ1n) is 12.0. The van der Waals surface area contributed by atoms with Crippen molar-refractivity contribution in [3.05, 3.63) is 52.6 Å². The highest BCUT2D eigenvalue weighted by molar-refractivity contribution is 7.98. The molecule has 0 aliphatic carbocycles. The van der Waals surface area contributed by atoms with E-state index in [0.29, 0.717) is 21.9 Å². The first kappa shape index (κ1) is 26.9. The number of hydrogen-bond acceptors (Lipinski definition) is 12. The number of esters is 1. The maximum Gasteiger partial charge on any atom is 0.306 e. The number of non-ortho nitro benzene ring substituents is 1. The largest absolute Gasteiger partial charge is 0.481 e. The van der Waals surface area contributed by atoms with E-state index in [2.05, 4.69) is 15.0 Å². The van der Waals surface area contributed by atoms with Gasteiger partial charge in [-0.25, -0.2) is 15.0 Å². The smallest absolute Gasteiger partial charge is 0.306 e. The molecule has 2 aliphatic heterocycles. The normalized spacial score (nSPS) is 23.5. The maximum absolute atomic E-state index is 12.0. The second-order valence-electron chi connectivity index (χ2n) is 9.42. The Labute approximate surface area is 225 Å². The molecule has 4 heterocycles. The Hall–Kier alpha value is -3.66. The number of fused-ring (bicyclic) bond motifs is 2. The average Bonchev–Trinajstić information content (AvgIpc) is 3.56. The molecule has 0 unspecified atom stereocenters. The van der Waals surface area contributed by atoms with Crippen molar-refractivity contribution in [3.8, 4) is 0 Å². The summed E-state index contributed by atoms with van der Waals surface area (Å²) in [6, 6.07) is 6.31. The molecule has 0 bridgehead atoms. The summed E-state index contributed by atoms with van der Waals surface area (Å²) in [6.45, 7) is 3.42. The third-order valence-electron chi connectivity index (χ3n) is 6.20. The molecule has 0 saturated carbocycles. The fourth-order valence-electron chi connectivity index (χ4n) is 4.46. The SMILES string of the molecule is CC1(C)O[C@@H]2[C@H](O1)[C@@H](COC(=O)CCC(=O)O)O[C@H]2n1cnc2c(SCc3ccc([N+](=O)[O-])cc3)ncnc21. The number of aliphatic carboxylic acids is 1. The third-order valence-corrected chi connectivity index (χ3v) is 7.25. The van der Waals surface area contributed by atoms with Crippen LogP contribution in [0.2, 0.25) is 0 Å². The molecule has 0 amide bonds. The standard InChI is InChI=1S/C24H25N5O9S/c1-24(2)37-19-15(9-35-17(32)8-7-16(30)31)36-23(20(19)38-24)28-12-27-18-21(28)25-11-26-22(18)39-10-13-3-5-14(6-4-13)29(33)34/h3-6,11-12,15,19-20,23H,7-10H2,1-2H3,(H,30,31)/t15-,19-,20-,23-/m1/s1. The van der Waals surface area contributed by atoms with Gasteiger partial charge in [0.15, 0.2) is 17.7 Å². The molecular weight excluding hydrogens is 534 g/mol. The highest BCUT2D eigenvalue weighted by atomic mass is 32.2. The molecule has 0 radical (unpaired) electrons. The summed E-state index contributed by atoms with van der Waals surface area (Å²) in [5.41, 5.74) is 1.97. The van der Waals surface area contributed by atoms with Gasteiger partial charge >= 0.3 is 11.9 Å². The lowest BCUT2D eigenvalue weighted by molar-refractivity contribution is -0.384. The van der Waals surface area contributed by atoms with Crippen LogP contribution in [0.15, 0.2) is 41.9 Å². The van der Waals surface area contributed by atoms with E-state index < -0.39 is 47.2 Å². The number of ether oxygens (including phenoxy) is 4. The van der Waals surface area contributed by atoms with Crippen molar-refractivity contribution in [2.75, 3.05) is 6.61 Å². The van der Waals surface area contributed by atoms with Crippen LogP contribution in [0, 0.1) is 10.1 Å². The number of aromatic nitrogens is 4. The molecule has 5 rings (SSSR count). The summed E-state index contributed by atoms with van der Waals surface area (Å²) < 4.78 is 25.4. The number of thioether (sulfide) groups is 1. The first-order chi connectivity index (χ1) is 18.6. The predicted octanol–water partition coefficient (Wildman–Crippen LogP) is 2.85. The fourth-order valence-corrected chi connectivity index (χ4v) is 5.36. The number of nitro benzene ring substituents is 1. The first-order valence-corrected chi connectivity index (χ1v) is 13.0. The molecule has 2 saturated heterocycles. The summed E-state index contributed by atoms with van der Waals surface area (Å²) in [4.78, 5) is 46.4. The molecule has 15 heteroatoms. The monoisotopic (exact) mass is 559 g/mol. The summed E-state index contributed by atoms with van der Waals surface area (Å²) in [7, 11) is 0. The van der Waals surface area contributed by atoms with Crippen molar-refractivity contribution >= 4 is 40.6 Å². The number of carboxylic acids is 1. The van der Waals surface area contributed by atoms with Gasteiger partial charge in [0.1, 0.15) is 41.8 Å². The lowest BCUT2D eigenvalue weighted by Gasteiger charge is -2.24. The lowest BCUT2D eigenvalue weighted by atomic mass is 10.1. The molecular formula is C24H25N5O9S. The topological polar surface area (TPSA) is 178 Å². The summed E-state index contributed by atoms with van der Waals surface area (Å²) >= 11 is 1.42. The number of imidazole rings is 1. The van der Waals surface area contributed by atoms with Gasteiger partial charge in [-0.3, -0.25) is 24.3 Å². The zero-order valence-corrected chi connectivity index (χ0v) is 21.8. The van der Waals surface area contributed by atoms with E-state index >= 15 is 0 Å². The van der Waals surface area contributed by atoms with Crippen molar-refractivity contribution in [2.24, 2.45) is 0 Å². The van der Waals surface area contributed by atoms with Crippen LogP contribution in [0.5, 0.6) is 0 Å². The third kappa shape index (κ3) is 5.85. The average molecular weight is 560 g/mol. The fraction of sp³-hybridized carbons (Fsp3) is 0.458. The van der Waals surface area contributed by atoms with Crippen LogP contribution in [0.3, 0.4) is 0 Å². The van der Waals surface area contributed by atoms with Gasteiger partial charge in [0, 0.05) is 17.9 Å². The van der Waals surface area contributed by atoms with E-state index in [-0.39, 0.29) is 25.1 Å². The number of carboxylic acid groups (broad SMARTS) is 1. The van der Waals surface area contributed by atoms with Gasteiger partial charge in [0.2, 0.25) is 0 Å². The van der Waals surface area contributed by atoms with Crippen LogP contribution in [0.1, 0.15) is 38.5 Å². The Morgan fingerprint density at radius 2 is 1.90 bits per heavy atom. The van der Waals surface area contributed by atoms with Crippen LogP contribution in [0.4, 0.5) is 5.69 Å². The number of hydrogen-bond donors (Lipinski definition) is 1. The molecule has 1 aromatic carbocycles. The number of nitrogens with zero attached hydrogens (tertiary/aromatic N) is 5. The quantitative estimate of drug-likeness (QED) is 0.126. The van der Waals surface area contributed by atoms with Crippen molar-refractivity contribution in [2.45, 2.75) is 67.8 Å². The highest BCUT2D eigenvalue weighted by Crippen LogP contribution is 2.44. The second-order valence-corrected chi connectivity index (χ2v) is 10.4. The van der Waals surface area contributed by atoms with Crippen molar-refractivity contribution in [3.63, 3.8) is 0 Å². The van der Waals surface area contributed by atoms with Gasteiger partial charge in [-0.15, -0.1) is 0 Å². The van der Waals surface area contributed by atoms with Gasteiger partial charge in [-0.1, -0.05) is 23.9 Å².